The van der Waals surface area contributed by atoms with Crippen molar-refractivity contribution in [2.24, 2.45) is 4.99 Å². The van der Waals surface area contributed by atoms with Crippen LogP contribution in [0.25, 0.3) is 0 Å². The monoisotopic (exact) mass is 554 g/mol. The van der Waals surface area contributed by atoms with Crippen molar-refractivity contribution in [3.8, 4) is 5.75 Å². The summed E-state index contributed by atoms with van der Waals surface area (Å²) in [5, 5.41) is 8.40. The van der Waals surface area contributed by atoms with Crippen molar-refractivity contribution in [3.63, 3.8) is 0 Å². The molecule has 0 aliphatic heterocycles. The normalized spacial score (nSPS) is 11.3. The number of halogens is 5. The largest absolute Gasteiger partial charge is 0.484 e. The van der Waals surface area contributed by atoms with Gasteiger partial charge in [0.15, 0.2) is 12.6 Å². The van der Waals surface area contributed by atoms with E-state index in [1.54, 1.807) is 18.2 Å². The number of guanidine groups is 1. The maximum absolute atomic E-state index is 13.2. The second-order valence-corrected chi connectivity index (χ2v) is 6.16. The summed E-state index contributed by atoms with van der Waals surface area (Å²) in [6, 6.07) is 11.6. The predicted molar refractivity (Wildman–Crippen MR) is 121 cm³/mol. The summed E-state index contributed by atoms with van der Waals surface area (Å²) < 4.78 is 54.3. The molecule has 0 fully saturated rings. The zero-order valence-corrected chi connectivity index (χ0v) is 19.0. The Morgan fingerprint density at radius 1 is 1.10 bits per heavy atom. The summed E-state index contributed by atoms with van der Waals surface area (Å²) in [5.41, 5.74) is 1.09. The minimum Gasteiger partial charge on any atom is -0.484 e. The molecule has 1 amide bonds. The Bertz CT molecular complexity index is 861. The molecule has 11 heteroatoms. The first-order chi connectivity index (χ1) is 14.2. The lowest BCUT2D eigenvalue weighted by Crippen LogP contribution is -2.41. The summed E-state index contributed by atoms with van der Waals surface area (Å²) in [5.74, 6) is -0.341. The molecule has 0 aliphatic carbocycles. The van der Waals surface area contributed by atoms with E-state index in [-0.39, 0.29) is 48.7 Å². The topological polar surface area (TPSA) is 74.8 Å². The van der Waals surface area contributed by atoms with Crippen LogP contribution in [0, 0.1) is 5.82 Å². The van der Waals surface area contributed by atoms with Gasteiger partial charge in [-0.05, 0) is 42.8 Å². The molecule has 0 saturated heterocycles. The van der Waals surface area contributed by atoms with E-state index in [4.69, 9.17) is 0 Å². The molecule has 2 aromatic carbocycles. The number of hydrogen-bond donors (Lipinski definition) is 3. The lowest BCUT2D eigenvalue weighted by Gasteiger charge is -2.12. The van der Waals surface area contributed by atoms with E-state index in [9.17, 15) is 22.4 Å². The van der Waals surface area contributed by atoms with E-state index in [0.29, 0.717) is 18.2 Å². The number of alkyl halides is 3. The Morgan fingerprint density at radius 3 is 2.42 bits per heavy atom. The lowest BCUT2D eigenvalue weighted by atomic mass is 10.2. The molecule has 2 rings (SSSR count). The quantitative estimate of drug-likeness (QED) is 0.199. The van der Waals surface area contributed by atoms with Crippen LogP contribution in [-0.4, -0.2) is 37.7 Å². The number of aliphatic imine (C=N–C) groups is 1. The van der Waals surface area contributed by atoms with Gasteiger partial charge in [-0.15, -0.1) is 24.0 Å². The van der Waals surface area contributed by atoms with Gasteiger partial charge in [0.1, 0.15) is 11.6 Å². The fourth-order valence-electron chi connectivity index (χ4n) is 2.30. The highest BCUT2D eigenvalue weighted by atomic mass is 127. The Balaban J connectivity index is 0.00000480. The maximum atomic E-state index is 13.2. The SMILES string of the molecule is CCNC(=NCc1ccc(OCC(F)(F)F)cc1)NCC(=O)Nc1cccc(F)c1.I. The molecule has 0 heterocycles. The average Bonchev–Trinajstić information content (AvgIpc) is 2.69. The molecule has 170 valence electrons. The van der Waals surface area contributed by atoms with Crippen LogP contribution in [0.3, 0.4) is 0 Å². The lowest BCUT2D eigenvalue weighted by molar-refractivity contribution is -0.153. The van der Waals surface area contributed by atoms with Crippen LogP contribution >= 0.6 is 24.0 Å². The number of hydrogen-bond acceptors (Lipinski definition) is 3. The zero-order valence-electron chi connectivity index (χ0n) is 16.6. The number of nitrogens with zero attached hydrogens (tertiary/aromatic N) is 1. The molecule has 0 saturated carbocycles. The molecule has 2 aromatic rings. The van der Waals surface area contributed by atoms with Crippen LogP contribution in [0.1, 0.15) is 12.5 Å². The fourth-order valence-corrected chi connectivity index (χ4v) is 2.30. The van der Waals surface area contributed by atoms with E-state index in [1.807, 2.05) is 6.92 Å². The van der Waals surface area contributed by atoms with E-state index in [2.05, 4.69) is 25.7 Å². The smallest absolute Gasteiger partial charge is 0.422 e. The van der Waals surface area contributed by atoms with Gasteiger partial charge in [0.2, 0.25) is 5.91 Å². The number of ether oxygens (including phenoxy) is 1. The molecule has 0 atom stereocenters. The van der Waals surface area contributed by atoms with Gasteiger partial charge < -0.3 is 20.7 Å². The highest BCUT2D eigenvalue weighted by Crippen LogP contribution is 2.19. The van der Waals surface area contributed by atoms with Gasteiger partial charge in [-0.25, -0.2) is 9.38 Å². The maximum Gasteiger partial charge on any atom is 0.422 e. The Labute approximate surface area is 194 Å². The third-order valence-electron chi connectivity index (χ3n) is 3.61. The van der Waals surface area contributed by atoms with E-state index in [1.165, 1.54) is 30.3 Å². The number of carbonyl (C=O) groups is 1. The average molecular weight is 554 g/mol. The van der Waals surface area contributed by atoms with Gasteiger partial charge >= 0.3 is 6.18 Å². The molecule has 6 nitrogen and oxygen atoms in total. The van der Waals surface area contributed by atoms with Crippen molar-refractivity contribution in [1.29, 1.82) is 0 Å². The van der Waals surface area contributed by atoms with Crippen molar-refractivity contribution in [1.82, 2.24) is 10.6 Å². The molecule has 0 radical (unpaired) electrons. The van der Waals surface area contributed by atoms with Crippen molar-refractivity contribution in [3.05, 3.63) is 59.9 Å². The molecule has 31 heavy (non-hydrogen) atoms. The van der Waals surface area contributed by atoms with Crippen molar-refractivity contribution < 1.29 is 27.1 Å². The van der Waals surface area contributed by atoms with Crippen LogP contribution < -0.4 is 20.7 Å². The number of amides is 1. The number of nitrogens with one attached hydrogen (secondary N) is 3. The number of rotatable bonds is 8. The molecule has 0 spiro atoms. The van der Waals surface area contributed by atoms with Gasteiger partial charge in [0, 0.05) is 12.2 Å². The van der Waals surface area contributed by atoms with Crippen LogP contribution in [0.15, 0.2) is 53.5 Å². The van der Waals surface area contributed by atoms with Crippen molar-refractivity contribution in [2.75, 3.05) is 25.0 Å². The van der Waals surface area contributed by atoms with Crippen LogP contribution in [0.4, 0.5) is 23.2 Å². The van der Waals surface area contributed by atoms with Gasteiger partial charge in [-0.3, -0.25) is 4.79 Å². The molecular formula is C20H23F4IN4O2. The van der Waals surface area contributed by atoms with E-state index < -0.39 is 18.6 Å². The predicted octanol–water partition coefficient (Wildman–Crippen LogP) is 4.08. The van der Waals surface area contributed by atoms with Crippen LogP contribution in [0.5, 0.6) is 5.75 Å². The van der Waals surface area contributed by atoms with Gasteiger partial charge in [-0.2, -0.15) is 13.2 Å². The zero-order chi connectivity index (χ0) is 22.0. The minimum absolute atomic E-state index is 0. The number of benzene rings is 2. The van der Waals surface area contributed by atoms with Gasteiger partial charge in [0.25, 0.3) is 0 Å². The fraction of sp³-hybridized carbons (Fsp3) is 0.300. The minimum atomic E-state index is -4.39. The summed E-state index contributed by atoms with van der Waals surface area (Å²) in [4.78, 5) is 16.3. The number of anilines is 1. The standard InChI is InChI=1S/C20H22F4N4O2.HI/c1-2-25-19(27-12-18(29)28-16-5-3-4-15(21)10-16)26-11-14-6-8-17(9-7-14)30-13-20(22,23)24;/h3-10H,2,11-13H2,1H3,(H,28,29)(H2,25,26,27);1H. The van der Waals surface area contributed by atoms with Gasteiger partial charge in [0.05, 0.1) is 13.1 Å². The summed E-state index contributed by atoms with van der Waals surface area (Å²) in [6.07, 6.45) is -4.39. The second kappa shape index (κ2) is 13.0. The molecule has 0 aliphatic rings. The van der Waals surface area contributed by atoms with Crippen LogP contribution in [0.2, 0.25) is 0 Å². The first-order valence-electron chi connectivity index (χ1n) is 9.11. The Kier molecular flexibility index (Phi) is 11.1. The Morgan fingerprint density at radius 2 is 1.81 bits per heavy atom. The summed E-state index contributed by atoms with van der Waals surface area (Å²) >= 11 is 0. The molecule has 0 unspecified atom stereocenters. The Hall–Kier alpha value is -2.57. The van der Waals surface area contributed by atoms with Crippen molar-refractivity contribution >= 4 is 41.5 Å². The first-order valence-corrected chi connectivity index (χ1v) is 9.11. The third kappa shape index (κ3) is 10.9. The van der Waals surface area contributed by atoms with Gasteiger partial charge in [-0.1, -0.05) is 18.2 Å². The molecular weight excluding hydrogens is 531 g/mol. The van der Waals surface area contributed by atoms with E-state index in [0.717, 1.165) is 5.56 Å². The number of carbonyl (C=O) groups excluding carboxylic acids is 1. The highest BCUT2D eigenvalue weighted by molar-refractivity contribution is 14.0. The molecule has 0 aromatic heterocycles. The summed E-state index contributed by atoms with van der Waals surface area (Å²) in [6.45, 7) is 1.21. The van der Waals surface area contributed by atoms with Crippen molar-refractivity contribution in [2.45, 2.75) is 19.6 Å². The molecule has 3 N–H and O–H groups in total. The van der Waals surface area contributed by atoms with Crippen LogP contribution in [-0.2, 0) is 11.3 Å². The van der Waals surface area contributed by atoms with E-state index >= 15 is 0 Å². The molecule has 0 bridgehead atoms. The first kappa shape index (κ1) is 26.5. The third-order valence-corrected chi connectivity index (χ3v) is 3.61. The highest BCUT2D eigenvalue weighted by Gasteiger charge is 2.28. The second-order valence-electron chi connectivity index (χ2n) is 6.16. The summed E-state index contributed by atoms with van der Waals surface area (Å²) in [7, 11) is 0.